The lowest BCUT2D eigenvalue weighted by atomic mass is 10.2. The molecular weight excluding hydrogens is 400 g/mol. The summed E-state index contributed by atoms with van der Waals surface area (Å²) in [4.78, 5) is 11.2. The van der Waals surface area contributed by atoms with Crippen LogP contribution in [-0.4, -0.2) is 38.7 Å². The van der Waals surface area contributed by atoms with Crippen molar-refractivity contribution in [2.24, 2.45) is 0 Å². The van der Waals surface area contributed by atoms with E-state index in [9.17, 15) is 30.8 Å². The third kappa shape index (κ3) is 4.09. The van der Waals surface area contributed by atoms with Gasteiger partial charge in [0.2, 0.25) is 0 Å². The van der Waals surface area contributed by atoms with Crippen LogP contribution in [0.3, 0.4) is 0 Å². The standard InChI is InChI=1S/C11H9BrF4O5S/c1-20-9(17)7-5-6(22(2,18)19)3-4-8(7)21-10(12,13)11(14,15)16/h3-5H,1-2H3. The number of hydrogen-bond acceptors (Lipinski definition) is 5. The first-order chi connectivity index (χ1) is 9.79. The van der Waals surface area contributed by atoms with E-state index < -0.39 is 38.1 Å². The largest absolute Gasteiger partial charge is 0.472 e. The highest BCUT2D eigenvalue weighted by Crippen LogP contribution is 2.42. The summed E-state index contributed by atoms with van der Waals surface area (Å²) in [6, 6.07) is 2.33. The van der Waals surface area contributed by atoms with Crippen LogP contribution >= 0.6 is 15.9 Å². The van der Waals surface area contributed by atoms with E-state index in [0.29, 0.717) is 0 Å². The number of carbonyl (C=O) groups is 1. The molecule has 0 aliphatic heterocycles. The Balaban J connectivity index is 3.40. The Hall–Kier alpha value is -1.36. The number of benzene rings is 1. The maximum absolute atomic E-state index is 13.5. The number of ether oxygens (including phenoxy) is 2. The summed E-state index contributed by atoms with van der Waals surface area (Å²) in [5.74, 6) is -2.03. The number of alkyl halides is 5. The molecule has 22 heavy (non-hydrogen) atoms. The summed E-state index contributed by atoms with van der Waals surface area (Å²) >= 11 is 1.72. The lowest BCUT2D eigenvalue weighted by Gasteiger charge is -2.23. The Morgan fingerprint density at radius 3 is 2.18 bits per heavy atom. The molecule has 0 saturated heterocycles. The Morgan fingerprint density at radius 1 is 1.23 bits per heavy atom. The molecule has 0 radical (unpaired) electrons. The van der Waals surface area contributed by atoms with Crippen LogP contribution in [0.15, 0.2) is 23.1 Å². The average Bonchev–Trinajstić information content (AvgIpc) is 2.35. The van der Waals surface area contributed by atoms with Crippen LogP contribution in [0.25, 0.3) is 0 Å². The van der Waals surface area contributed by atoms with Crippen LogP contribution in [0.1, 0.15) is 10.4 Å². The first-order valence-corrected chi connectivity index (χ1v) is 8.04. The highest BCUT2D eigenvalue weighted by Gasteiger charge is 2.57. The molecule has 0 aliphatic rings. The molecule has 0 aliphatic carbocycles. The number of halogens is 5. The van der Waals surface area contributed by atoms with Crippen molar-refractivity contribution < 1.29 is 40.2 Å². The second-order valence-corrected chi connectivity index (χ2v) is 7.07. The van der Waals surface area contributed by atoms with E-state index in [0.717, 1.165) is 31.6 Å². The van der Waals surface area contributed by atoms with E-state index in [1.54, 1.807) is 15.9 Å². The van der Waals surface area contributed by atoms with Gasteiger partial charge in [0.15, 0.2) is 9.84 Å². The van der Waals surface area contributed by atoms with Crippen LogP contribution in [0.2, 0.25) is 0 Å². The molecule has 1 atom stereocenters. The molecule has 1 aromatic carbocycles. The third-order valence-corrected chi connectivity index (χ3v) is 4.07. The van der Waals surface area contributed by atoms with Crippen molar-refractivity contribution in [2.75, 3.05) is 13.4 Å². The van der Waals surface area contributed by atoms with E-state index in [4.69, 9.17) is 0 Å². The van der Waals surface area contributed by atoms with Gasteiger partial charge < -0.3 is 9.47 Å². The van der Waals surface area contributed by atoms with Crippen LogP contribution in [0, 0.1) is 0 Å². The second-order valence-electron chi connectivity index (χ2n) is 4.04. The Morgan fingerprint density at radius 2 is 1.77 bits per heavy atom. The van der Waals surface area contributed by atoms with Crippen molar-refractivity contribution in [3.8, 4) is 5.75 Å². The summed E-state index contributed by atoms with van der Waals surface area (Å²) in [6.07, 6.45) is -4.61. The van der Waals surface area contributed by atoms with Gasteiger partial charge in [-0.05, 0) is 18.2 Å². The fourth-order valence-corrected chi connectivity index (χ4v) is 2.12. The van der Waals surface area contributed by atoms with Crippen molar-refractivity contribution in [1.82, 2.24) is 0 Å². The van der Waals surface area contributed by atoms with Crippen molar-refractivity contribution in [3.05, 3.63) is 23.8 Å². The fourth-order valence-electron chi connectivity index (χ4n) is 1.29. The SMILES string of the molecule is COC(=O)c1cc(S(C)(=O)=O)ccc1OC(F)(Br)C(F)(F)F. The van der Waals surface area contributed by atoms with E-state index in [-0.39, 0.29) is 4.90 Å². The monoisotopic (exact) mass is 408 g/mol. The summed E-state index contributed by atoms with van der Waals surface area (Å²) < 4.78 is 77.8. The van der Waals surface area contributed by atoms with Gasteiger partial charge in [0.25, 0.3) is 0 Å². The van der Waals surface area contributed by atoms with Gasteiger partial charge in [-0.3, -0.25) is 0 Å². The molecule has 1 rings (SSSR count). The van der Waals surface area contributed by atoms with Gasteiger partial charge in [-0.15, -0.1) is 0 Å². The minimum atomic E-state index is -5.43. The maximum Gasteiger partial charge on any atom is 0.472 e. The van der Waals surface area contributed by atoms with Crippen molar-refractivity contribution in [1.29, 1.82) is 0 Å². The minimum Gasteiger partial charge on any atom is -0.465 e. The quantitative estimate of drug-likeness (QED) is 0.435. The van der Waals surface area contributed by atoms with Gasteiger partial charge in [0, 0.05) is 22.2 Å². The van der Waals surface area contributed by atoms with E-state index >= 15 is 0 Å². The molecule has 1 aromatic rings. The zero-order valence-electron chi connectivity index (χ0n) is 11.1. The molecule has 0 saturated carbocycles. The Labute approximate surface area is 131 Å². The van der Waals surface area contributed by atoms with Crippen molar-refractivity contribution in [3.63, 3.8) is 0 Å². The summed E-state index contributed by atoms with van der Waals surface area (Å²) in [7, 11) is -2.83. The molecule has 0 spiro atoms. The number of esters is 1. The zero-order valence-corrected chi connectivity index (χ0v) is 13.5. The smallest absolute Gasteiger partial charge is 0.465 e. The first kappa shape index (κ1) is 18.7. The highest BCUT2D eigenvalue weighted by atomic mass is 79.9. The van der Waals surface area contributed by atoms with Gasteiger partial charge in [-0.2, -0.15) is 17.6 Å². The number of methoxy groups -OCH3 is 1. The van der Waals surface area contributed by atoms with E-state index in [1.165, 1.54) is 0 Å². The van der Waals surface area contributed by atoms with E-state index in [2.05, 4.69) is 9.47 Å². The Bertz CT molecular complexity index is 684. The lowest BCUT2D eigenvalue weighted by Crippen LogP contribution is -2.40. The third-order valence-electron chi connectivity index (χ3n) is 2.35. The summed E-state index contributed by atoms with van der Waals surface area (Å²) in [6.45, 7) is 0. The van der Waals surface area contributed by atoms with Crippen molar-refractivity contribution in [2.45, 2.75) is 15.8 Å². The molecule has 124 valence electrons. The van der Waals surface area contributed by atoms with Gasteiger partial charge in [0.05, 0.1) is 12.0 Å². The second kappa shape index (κ2) is 6.03. The molecule has 5 nitrogen and oxygen atoms in total. The maximum atomic E-state index is 13.5. The van der Waals surface area contributed by atoms with Gasteiger partial charge in [0.1, 0.15) is 11.3 Å². The molecule has 1 unspecified atom stereocenters. The minimum absolute atomic E-state index is 0.369. The number of rotatable bonds is 4. The van der Waals surface area contributed by atoms with Crippen LogP contribution in [0.5, 0.6) is 5.75 Å². The van der Waals surface area contributed by atoms with Crippen LogP contribution in [0.4, 0.5) is 17.6 Å². The normalized spacial score (nSPS) is 15.0. The molecular formula is C11H9BrF4O5S. The molecule has 0 bridgehead atoms. The zero-order chi connectivity index (χ0) is 17.3. The number of hydrogen-bond donors (Lipinski definition) is 0. The van der Waals surface area contributed by atoms with Gasteiger partial charge in [-0.25, -0.2) is 13.2 Å². The summed E-state index contributed by atoms with van der Waals surface area (Å²) in [5, 5.41) is 0. The van der Waals surface area contributed by atoms with E-state index in [1.807, 2.05) is 0 Å². The predicted molar refractivity (Wildman–Crippen MR) is 70.3 cm³/mol. The fraction of sp³-hybridized carbons (Fsp3) is 0.364. The summed E-state index contributed by atoms with van der Waals surface area (Å²) in [5.41, 5.74) is -0.670. The lowest BCUT2D eigenvalue weighted by molar-refractivity contribution is -0.252. The number of sulfone groups is 1. The van der Waals surface area contributed by atoms with Gasteiger partial charge >= 0.3 is 16.9 Å². The van der Waals surface area contributed by atoms with Crippen LogP contribution in [-0.2, 0) is 14.6 Å². The van der Waals surface area contributed by atoms with Crippen molar-refractivity contribution >= 4 is 31.7 Å². The number of carbonyl (C=O) groups excluding carboxylic acids is 1. The Kier molecular flexibility index (Phi) is 5.12. The molecule has 0 heterocycles. The molecule has 11 heteroatoms. The molecule has 0 amide bonds. The van der Waals surface area contributed by atoms with Crippen LogP contribution < -0.4 is 4.74 Å². The topological polar surface area (TPSA) is 69.7 Å². The van der Waals surface area contributed by atoms with Gasteiger partial charge in [-0.1, -0.05) is 0 Å². The highest BCUT2D eigenvalue weighted by molar-refractivity contribution is 9.10. The predicted octanol–water partition coefficient (Wildman–Crippen LogP) is 2.84. The molecule has 0 aromatic heterocycles. The molecule has 0 N–H and O–H groups in total. The molecule has 0 fully saturated rings. The first-order valence-electron chi connectivity index (χ1n) is 5.35. The average molecular weight is 409 g/mol.